The van der Waals surface area contributed by atoms with Gasteiger partial charge in [0.2, 0.25) is 0 Å². The first-order chi connectivity index (χ1) is 30.3. The van der Waals surface area contributed by atoms with Crippen LogP contribution < -0.4 is 0 Å². The molecular formula is C48H80O16. The highest BCUT2D eigenvalue weighted by Gasteiger charge is 2.70. The Hall–Kier alpha value is -0.640. The normalized spacial score (nSPS) is 58.6. The SMILES string of the molecule is CC1CCC2(OC1)OC1CC3C4CCC5(C)CC(OC6OC(CO)C(OCC7OC(C)C(O)C(O)C7O)C(O)C6OCC6OC(C)C(O)C(O)C6O)CCC5(C)C4CCC3(C)C1C2C. The molecule has 0 aromatic rings. The highest BCUT2D eigenvalue weighted by atomic mass is 16.7. The second-order valence-corrected chi connectivity index (χ2v) is 22.9. The van der Waals surface area contributed by atoms with Gasteiger partial charge in [0.05, 0.1) is 50.8 Å². The molecule has 27 atom stereocenters. The monoisotopic (exact) mass is 913 g/mol. The maximum atomic E-state index is 12.1. The van der Waals surface area contributed by atoms with Crippen molar-refractivity contribution in [3.05, 3.63) is 0 Å². The van der Waals surface area contributed by atoms with Crippen LogP contribution in [0.3, 0.4) is 0 Å². The number of hydrogen-bond acceptors (Lipinski definition) is 16. The Labute approximate surface area is 378 Å². The van der Waals surface area contributed by atoms with Crippen molar-refractivity contribution in [1.82, 2.24) is 0 Å². The van der Waals surface area contributed by atoms with Gasteiger partial charge in [-0.05, 0) is 117 Å². The van der Waals surface area contributed by atoms with Crippen LogP contribution in [-0.4, -0.2) is 177 Å². The van der Waals surface area contributed by atoms with Gasteiger partial charge in [-0.3, -0.25) is 0 Å². The topological polar surface area (TPSA) is 236 Å². The van der Waals surface area contributed by atoms with Gasteiger partial charge >= 0.3 is 0 Å². The molecule has 8 N–H and O–H groups in total. The number of fused-ring (bicyclic) bond motifs is 7. The third-order valence-electron chi connectivity index (χ3n) is 19.5. The van der Waals surface area contributed by atoms with Crippen LogP contribution in [-0.2, 0) is 37.9 Å². The number of ether oxygens (including phenoxy) is 8. The van der Waals surface area contributed by atoms with Crippen molar-refractivity contribution < 1.29 is 78.7 Å². The van der Waals surface area contributed by atoms with Gasteiger partial charge in [-0.1, -0.05) is 34.6 Å². The average molecular weight is 913 g/mol. The summed E-state index contributed by atoms with van der Waals surface area (Å²) in [5.41, 5.74) is 0.281. The Balaban J connectivity index is 0.891. The van der Waals surface area contributed by atoms with Crippen molar-refractivity contribution in [2.45, 2.75) is 222 Å². The lowest BCUT2D eigenvalue weighted by atomic mass is 9.40. The molecule has 16 heteroatoms. The van der Waals surface area contributed by atoms with Crippen LogP contribution in [0.2, 0.25) is 0 Å². The Morgan fingerprint density at radius 3 is 1.88 bits per heavy atom. The fraction of sp³-hybridized carbons (Fsp3) is 1.00. The molecule has 9 aliphatic rings. The Morgan fingerprint density at radius 2 is 1.27 bits per heavy atom. The molecule has 368 valence electrons. The first kappa shape index (κ1) is 48.4. The minimum atomic E-state index is -1.48. The minimum absolute atomic E-state index is 0.0330. The van der Waals surface area contributed by atoms with E-state index in [1.807, 2.05) is 0 Å². The van der Waals surface area contributed by atoms with Gasteiger partial charge in [0.15, 0.2) is 12.1 Å². The molecule has 0 bridgehead atoms. The van der Waals surface area contributed by atoms with E-state index in [1.54, 1.807) is 13.8 Å². The zero-order valence-corrected chi connectivity index (χ0v) is 39.0. The zero-order valence-electron chi connectivity index (χ0n) is 39.0. The number of rotatable bonds is 9. The van der Waals surface area contributed by atoms with Gasteiger partial charge < -0.3 is 78.7 Å². The molecule has 4 saturated carbocycles. The molecule has 9 fully saturated rings. The lowest BCUT2D eigenvalue weighted by Gasteiger charge is -2.65. The van der Waals surface area contributed by atoms with Crippen LogP contribution in [0.1, 0.15) is 113 Å². The molecule has 16 nitrogen and oxygen atoms in total. The summed E-state index contributed by atoms with van der Waals surface area (Å²) in [5.74, 6) is 2.87. The quantitative estimate of drug-likeness (QED) is 0.154. The van der Waals surface area contributed by atoms with Crippen LogP contribution in [0.5, 0.6) is 0 Å². The second kappa shape index (κ2) is 18.0. The summed E-state index contributed by atoms with van der Waals surface area (Å²) < 4.78 is 50.9. The molecule has 64 heavy (non-hydrogen) atoms. The molecule has 5 saturated heterocycles. The molecule has 27 unspecified atom stereocenters. The van der Waals surface area contributed by atoms with E-state index in [4.69, 9.17) is 37.9 Å². The molecule has 0 amide bonds. The van der Waals surface area contributed by atoms with Crippen molar-refractivity contribution in [3.8, 4) is 0 Å². The number of hydrogen-bond donors (Lipinski definition) is 8. The third kappa shape index (κ3) is 7.89. The predicted octanol–water partition coefficient (Wildman–Crippen LogP) is 1.80. The van der Waals surface area contributed by atoms with E-state index in [-0.39, 0.29) is 41.7 Å². The summed E-state index contributed by atoms with van der Waals surface area (Å²) in [7, 11) is 0. The van der Waals surface area contributed by atoms with Crippen LogP contribution in [0.25, 0.3) is 0 Å². The highest BCUT2D eigenvalue weighted by molar-refractivity contribution is 5.17. The van der Waals surface area contributed by atoms with E-state index in [0.29, 0.717) is 35.5 Å². The summed E-state index contributed by atoms with van der Waals surface area (Å²) in [5, 5.41) is 85.7. The Kier molecular flexibility index (Phi) is 13.6. The lowest BCUT2D eigenvalue weighted by Crippen LogP contribution is -2.64. The molecule has 1 spiro atoms. The number of aliphatic hydroxyl groups excluding tert-OH is 8. The van der Waals surface area contributed by atoms with Gasteiger partial charge in [0.25, 0.3) is 0 Å². The van der Waals surface area contributed by atoms with Gasteiger partial charge in [0, 0.05) is 12.3 Å². The first-order valence-electron chi connectivity index (χ1n) is 24.8. The molecule has 0 radical (unpaired) electrons. The van der Waals surface area contributed by atoms with Crippen molar-refractivity contribution in [3.63, 3.8) is 0 Å². The molecule has 5 aliphatic heterocycles. The molecule has 5 heterocycles. The minimum Gasteiger partial charge on any atom is -0.394 e. The average Bonchev–Trinajstić information content (AvgIpc) is 3.71. The molecule has 4 aliphatic carbocycles. The van der Waals surface area contributed by atoms with E-state index in [0.717, 1.165) is 58.0 Å². The smallest absolute Gasteiger partial charge is 0.187 e. The summed E-state index contributed by atoms with van der Waals surface area (Å²) in [6.45, 7) is 15.0. The Morgan fingerprint density at radius 1 is 0.625 bits per heavy atom. The molecular weight excluding hydrogens is 833 g/mol. The highest BCUT2D eigenvalue weighted by Crippen LogP contribution is 2.73. The van der Waals surface area contributed by atoms with Crippen molar-refractivity contribution in [2.75, 3.05) is 26.4 Å². The van der Waals surface area contributed by atoms with E-state index in [1.165, 1.54) is 12.8 Å². The number of aliphatic hydroxyl groups is 8. The first-order valence-corrected chi connectivity index (χ1v) is 24.8. The van der Waals surface area contributed by atoms with E-state index in [9.17, 15) is 40.9 Å². The summed E-state index contributed by atoms with van der Waals surface area (Å²) in [4.78, 5) is 0. The fourth-order valence-electron chi connectivity index (χ4n) is 15.4. The van der Waals surface area contributed by atoms with E-state index >= 15 is 0 Å². The van der Waals surface area contributed by atoms with Crippen LogP contribution in [0.4, 0.5) is 0 Å². The maximum Gasteiger partial charge on any atom is 0.187 e. The van der Waals surface area contributed by atoms with Gasteiger partial charge in [-0.2, -0.15) is 0 Å². The molecule has 9 rings (SSSR count). The third-order valence-corrected chi connectivity index (χ3v) is 19.5. The van der Waals surface area contributed by atoms with Crippen LogP contribution in [0.15, 0.2) is 0 Å². The Bertz CT molecular complexity index is 1620. The molecule has 0 aromatic heterocycles. The van der Waals surface area contributed by atoms with Crippen LogP contribution >= 0.6 is 0 Å². The maximum absolute atomic E-state index is 12.1. The van der Waals surface area contributed by atoms with Gasteiger partial charge in [-0.25, -0.2) is 0 Å². The standard InChI is InChI=1S/C48H80O16/c1-22-8-15-48(59-19-22)23(2)34-30(64-48)16-29-27-10-12-45(5)17-26(9-14-47(45,7)28(27)11-13-46(29,34)6)62-44-43(58-21-33-38(53)40(55)36(51)25(4)61-33)41(56)42(31(18-49)63-44)57-20-32-37(52)39(54)35(50)24(3)60-32/h22-44,49-56H,8-21H2,1-7H3. The summed E-state index contributed by atoms with van der Waals surface area (Å²) in [6.07, 6.45) is -7.99. The van der Waals surface area contributed by atoms with Crippen molar-refractivity contribution >= 4 is 0 Å². The predicted molar refractivity (Wildman–Crippen MR) is 227 cm³/mol. The lowest BCUT2D eigenvalue weighted by molar-refractivity contribution is -0.339. The fourth-order valence-corrected chi connectivity index (χ4v) is 15.4. The zero-order chi connectivity index (χ0) is 45.8. The largest absolute Gasteiger partial charge is 0.394 e. The van der Waals surface area contributed by atoms with E-state index < -0.39 is 104 Å². The summed E-state index contributed by atoms with van der Waals surface area (Å²) >= 11 is 0. The van der Waals surface area contributed by atoms with Crippen molar-refractivity contribution in [1.29, 1.82) is 0 Å². The second-order valence-electron chi connectivity index (χ2n) is 22.9. The van der Waals surface area contributed by atoms with E-state index in [2.05, 4.69) is 34.6 Å². The van der Waals surface area contributed by atoms with Gasteiger partial charge in [-0.15, -0.1) is 0 Å². The summed E-state index contributed by atoms with van der Waals surface area (Å²) in [6, 6.07) is 0. The van der Waals surface area contributed by atoms with Crippen LogP contribution in [0, 0.1) is 51.8 Å². The molecule has 0 aromatic carbocycles. The van der Waals surface area contributed by atoms with Crippen molar-refractivity contribution in [2.24, 2.45) is 51.8 Å². The van der Waals surface area contributed by atoms with Gasteiger partial charge in [0.1, 0.15) is 73.2 Å².